The van der Waals surface area contributed by atoms with Gasteiger partial charge in [-0.1, -0.05) is 28.9 Å². The second-order valence-corrected chi connectivity index (χ2v) is 4.36. The third kappa shape index (κ3) is 2.49. The summed E-state index contributed by atoms with van der Waals surface area (Å²) in [4.78, 5) is 0. The lowest BCUT2D eigenvalue weighted by Crippen LogP contribution is -2.11. The summed E-state index contributed by atoms with van der Waals surface area (Å²) in [5.41, 5.74) is 6.66. The summed E-state index contributed by atoms with van der Waals surface area (Å²) in [6.07, 6.45) is -4.56. The van der Waals surface area contributed by atoms with Crippen LogP contribution in [0.15, 0.2) is 22.7 Å². The molecule has 0 aliphatic rings. The van der Waals surface area contributed by atoms with Crippen LogP contribution in [0.25, 0.3) is 11.3 Å². The summed E-state index contributed by atoms with van der Waals surface area (Å²) in [5.74, 6) is 0.0901. The van der Waals surface area contributed by atoms with Crippen LogP contribution in [-0.4, -0.2) is 5.16 Å². The molecule has 0 spiro atoms. The van der Waals surface area contributed by atoms with Crippen molar-refractivity contribution in [3.8, 4) is 11.3 Å². The van der Waals surface area contributed by atoms with Gasteiger partial charge < -0.3 is 10.3 Å². The average molecular weight is 270 g/mol. The molecule has 102 valence electrons. The van der Waals surface area contributed by atoms with E-state index in [1.165, 1.54) is 0 Å². The van der Waals surface area contributed by atoms with Crippen molar-refractivity contribution < 1.29 is 17.7 Å². The summed E-state index contributed by atoms with van der Waals surface area (Å²) >= 11 is 0. The molecule has 2 aromatic rings. The maximum Gasteiger partial charge on any atom is 0.437 e. The molecule has 0 amide bonds. The summed E-state index contributed by atoms with van der Waals surface area (Å²) in [6.45, 7) is 3.43. The van der Waals surface area contributed by atoms with Crippen molar-refractivity contribution in [2.45, 2.75) is 26.6 Å². The third-order valence-corrected chi connectivity index (χ3v) is 2.89. The molecule has 6 heteroatoms. The van der Waals surface area contributed by atoms with Crippen LogP contribution in [0.4, 0.5) is 13.2 Å². The van der Waals surface area contributed by atoms with Crippen molar-refractivity contribution in [1.29, 1.82) is 0 Å². The standard InChI is InChI=1S/C13H13F3N2O/c1-7-3-4-9(8(2)5-7)11-10(6-17)12(18-19-11)13(14,15)16/h3-5H,6,17H2,1-2H3. The predicted octanol–water partition coefficient (Wildman–Crippen LogP) is 3.44. The molecular formula is C13H13F3N2O. The molecular weight excluding hydrogens is 257 g/mol. The van der Waals surface area contributed by atoms with Crippen molar-refractivity contribution >= 4 is 0 Å². The average Bonchev–Trinajstić information content (AvgIpc) is 2.72. The monoisotopic (exact) mass is 270 g/mol. The molecule has 0 aliphatic heterocycles. The van der Waals surface area contributed by atoms with E-state index >= 15 is 0 Å². The smallest absolute Gasteiger partial charge is 0.355 e. The van der Waals surface area contributed by atoms with Crippen LogP contribution in [0.5, 0.6) is 0 Å². The number of benzene rings is 1. The summed E-state index contributed by atoms with van der Waals surface area (Å²) in [7, 11) is 0. The van der Waals surface area contributed by atoms with Crippen LogP contribution < -0.4 is 5.73 Å². The third-order valence-electron chi connectivity index (χ3n) is 2.89. The number of hydrogen-bond acceptors (Lipinski definition) is 3. The molecule has 0 aliphatic carbocycles. The number of nitrogens with two attached hydrogens (primary N) is 1. The van der Waals surface area contributed by atoms with Crippen molar-refractivity contribution in [2.24, 2.45) is 5.73 Å². The Morgan fingerprint density at radius 3 is 2.47 bits per heavy atom. The van der Waals surface area contributed by atoms with E-state index < -0.39 is 11.9 Å². The zero-order valence-electron chi connectivity index (χ0n) is 10.5. The molecule has 1 heterocycles. The minimum Gasteiger partial charge on any atom is -0.355 e. The fraction of sp³-hybridized carbons (Fsp3) is 0.308. The largest absolute Gasteiger partial charge is 0.437 e. The van der Waals surface area contributed by atoms with E-state index in [0.717, 1.165) is 11.1 Å². The molecule has 19 heavy (non-hydrogen) atoms. The van der Waals surface area contributed by atoms with E-state index in [1.807, 2.05) is 13.0 Å². The van der Waals surface area contributed by atoms with E-state index in [0.29, 0.717) is 5.56 Å². The minimum absolute atomic E-state index is 0.0901. The minimum atomic E-state index is -4.56. The molecule has 2 rings (SSSR count). The lowest BCUT2D eigenvalue weighted by molar-refractivity contribution is -0.143. The van der Waals surface area contributed by atoms with Gasteiger partial charge in [0.2, 0.25) is 0 Å². The summed E-state index contributed by atoms with van der Waals surface area (Å²) in [6, 6.07) is 5.38. The van der Waals surface area contributed by atoms with Crippen LogP contribution in [0.2, 0.25) is 0 Å². The van der Waals surface area contributed by atoms with Crippen LogP contribution in [-0.2, 0) is 12.7 Å². The van der Waals surface area contributed by atoms with Crippen LogP contribution >= 0.6 is 0 Å². The summed E-state index contributed by atoms with van der Waals surface area (Å²) < 4.78 is 43.1. The molecule has 0 atom stereocenters. The number of alkyl halides is 3. The molecule has 1 aromatic carbocycles. The van der Waals surface area contributed by atoms with Crippen molar-refractivity contribution in [2.75, 3.05) is 0 Å². The molecule has 1 aromatic heterocycles. The lowest BCUT2D eigenvalue weighted by atomic mass is 10.00. The first-order valence-corrected chi connectivity index (χ1v) is 5.68. The lowest BCUT2D eigenvalue weighted by Gasteiger charge is -2.07. The Morgan fingerprint density at radius 2 is 1.95 bits per heavy atom. The molecule has 0 bridgehead atoms. The van der Waals surface area contributed by atoms with Crippen LogP contribution in [0, 0.1) is 13.8 Å². The fourth-order valence-corrected chi connectivity index (χ4v) is 2.00. The topological polar surface area (TPSA) is 52.0 Å². The number of aromatic nitrogens is 1. The molecule has 3 nitrogen and oxygen atoms in total. The highest BCUT2D eigenvalue weighted by molar-refractivity contribution is 5.66. The van der Waals surface area contributed by atoms with Gasteiger partial charge in [-0.15, -0.1) is 0 Å². The molecule has 0 unspecified atom stereocenters. The van der Waals surface area contributed by atoms with Gasteiger partial charge in [0.15, 0.2) is 11.5 Å². The Morgan fingerprint density at radius 1 is 1.26 bits per heavy atom. The number of rotatable bonds is 2. The second kappa shape index (κ2) is 4.70. The highest BCUT2D eigenvalue weighted by Crippen LogP contribution is 2.37. The summed E-state index contributed by atoms with van der Waals surface area (Å²) in [5, 5.41) is 3.12. The SMILES string of the molecule is Cc1ccc(-c2onc(C(F)(F)F)c2CN)c(C)c1. The maximum absolute atomic E-state index is 12.8. The zero-order chi connectivity index (χ0) is 14.2. The van der Waals surface area contributed by atoms with E-state index in [9.17, 15) is 13.2 Å². The predicted molar refractivity (Wildman–Crippen MR) is 64.3 cm³/mol. The van der Waals surface area contributed by atoms with Gasteiger partial charge in [0.05, 0.1) is 0 Å². The molecule has 2 N–H and O–H groups in total. The van der Waals surface area contributed by atoms with Crippen molar-refractivity contribution in [3.63, 3.8) is 0 Å². The molecule has 0 saturated carbocycles. The molecule has 0 saturated heterocycles. The van der Waals surface area contributed by atoms with Crippen molar-refractivity contribution in [3.05, 3.63) is 40.6 Å². The highest BCUT2D eigenvalue weighted by Gasteiger charge is 2.39. The van der Waals surface area contributed by atoms with E-state index in [1.54, 1.807) is 19.1 Å². The van der Waals surface area contributed by atoms with Crippen LogP contribution in [0.1, 0.15) is 22.4 Å². The van der Waals surface area contributed by atoms with E-state index in [4.69, 9.17) is 10.3 Å². The normalized spacial score (nSPS) is 11.9. The Hall–Kier alpha value is -1.82. The van der Waals surface area contributed by atoms with Gasteiger partial charge in [-0.25, -0.2) is 0 Å². The van der Waals surface area contributed by atoms with Gasteiger partial charge in [-0.2, -0.15) is 13.2 Å². The fourth-order valence-electron chi connectivity index (χ4n) is 2.00. The van der Waals surface area contributed by atoms with E-state index in [-0.39, 0.29) is 17.9 Å². The van der Waals surface area contributed by atoms with E-state index in [2.05, 4.69) is 5.16 Å². The highest BCUT2D eigenvalue weighted by atomic mass is 19.4. The van der Waals surface area contributed by atoms with Gasteiger partial charge in [-0.3, -0.25) is 0 Å². The van der Waals surface area contributed by atoms with Crippen LogP contribution in [0.3, 0.4) is 0 Å². The Kier molecular flexibility index (Phi) is 3.36. The number of aryl methyl sites for hydroxylation is 2. The second-order valence-electron chi connectivity index (χ2n) is 4.36. The van der Waals surface area contributed by atoms with Gasteiger partial charge in [-0.05, 0) is 19.4 Å². The van der Waals surface area contributed by atoms with Crippen molar-refractivity contribution in [1.82, 2.24) is 5.16 Å². The first-order valence-electron chi connectivity index (χ1n) is 5.68. The van der Waals surface area contributed by atoms with Gasteiger partial charge >= 0.3 is 6.18 Å². The Labute approximate surface area is 108 Å². The number of nitrogens with zero attached hydrogens (tertiary/aromatic N) is 1. The Balaban J connectivity index is 2.60. The van der Waals surface area contributed by atoms with Gasteiger partial charge in [0, 0.05) is 17.7 Å². The van der Waals surface area contributed by atoms with Gasteiger partial charge in [0.1, 0.15) is 0 Å². The van der Waals surface area contributed by atoms with Gasteiger partial charge in [0.25, 0.3) is 0 Å². The number of hydrogen-bond donors (Lipinski definition) is 1. The molecule has 0 radical (unpaired) electrons. The number of halogens is 3. The zero-order valence-corrected chi connectivity index (χ0v) is 10.5. The first kappa shape index (κ1) is 13.6. The maximum atomic E-state index is 12.8. The molecule has 0 fully saturated rings. The Bertz CT molecular complexity index is 602. The first-order chi connectivity index (χ1) is 8.84. The quantitative estimate of drug-likeness (QED) is 0.909.